The summed E-state index contributed by atoms with van der Waals surface area (Å²) < 4.78 is 19.3. The minimum absolute atomic E-state index is 0.0913. The van der Waals surface area contributed by atoms with Crippen molar-refractivity contribution in [2.75, 3.05) is 30.3 Å². The summed E-state index contributed by atoms with van der Waals surface area (Å²) in [4.78, 5) is 17.2. The molecule has 0 aliphatic carbocycles. The van der Waals surface area contributed by atoms with Crippen molar-refractivity contribution in [2.45, 2.75) is 6.10 Å². The van der Waals surface area contributed by atoms with Gasteiger partial charge >= 0.3 is 0 Å². The highest BCUT2D eigenvalue weighted by Crippen LogP contribution is 2.26. The fourth-order valence-electron chi connectivity index (χ4n) is 2.76. The monoisotopic (exact) mass is 348 g/mol. The highest BCUT2D eigenvalue weighted by atomic mass is 35.5. The van der Waals surface area contributed by atoms with Crippen LogP contribution in [0.25, 0.3) is 11.0 Å². The van der Waals surface area contributed by atoms with Crippen LogP contribution in [0, 0.1) is 5.95 Å². The average Bonchev–Trinajstić information content (AvgIpc) is 2.97. The summed E-state index contributed by atoms with van der Waals surface area (Å²) >= 11 is 6.00. The third-order valence-electron chi connectivity index (χ3n) is 3.86. The van der Waals surface area contributed by atoms with Crippen molar-refractivity contribution in [1.29, 1.82) is 0 Å². The van der Waals surface area contributed by atoms with Crippen molar-refractivity contribution in [3.05, 3.63) is 41.1 Å². The van der Waals surface area contributed by atoms with Crippen molar-refractivity contribution in [3.8, 4) is 0 Å². The molecule has 9 heteroatoms. The van der Waals surface area contributed by atoms with E-state index in [9.17, 15) is 4.39 Å². The van der Waals surface area contributed by atoms with Crippen LogP contribution in [-0.2, 0) is 4.74 Å². The van der Waals surface area contributed by atoms with Crippen LogP contribution in [0.1, 0.15) is 11.9 Å². The van der Waals surface area contributed by atoms with Crippen LogP contribution in [0.2, 0.25) is 5.02 Å². The molecule has 124 valence electrons. The number of H-pyrrole nitrogens is 1. The van der Waals surface area contributed by atoms with Gasteiger partial charge in [0, 0.05) is 17.6 Å². The number of halogens is 2. The maximum atomic E-state index is 13.5. The number of aromatic nitrogens is 4. The van der Waals surface area contributed by atoms with Gasteiger partial charge in [0.1, 0.15) is 17.7 Å². The van der Waals surface area contributed by atoms with Gasteiger partial charge in [-0.1, -0.05) is 11.6 Å². The molecule has 0 spiro atoms. The number of hydrogen-bond acceptors (Lipinski definition) is 6. The van der Waals surface area contributed by atoms with E-state index in [1.54, 1.807) is 6.07 Å². The predicted octanol–water partition coefficient (Wildman–Crippen LogP) is 2.31. The molecule has 3 heterocycles. The van der Waals surface area contributed by atoms with Gasteiger partial charge in [-0.3, -0.25) is 0 Å². The van der Waals surface area contributed by atoms with Crippen LogP contribution >= 0.6 is 11.6 Å². The molecule has 1 fully saturated rings. The van der Waals surface area contributed by atoms with Gasteiger partial charge in [-0.25, -0.2) is 4.98 Å². The van der Waals surface area contributed by atoms with Gasteiger partial charge < -0.3 is 20.4 Å². The number of aromatic amines is 1. The van der Waals surface area contributed by atoms with Crippen LogP contribution in [0.15, 0.2) is 24.3 Å². The zero-order valence-electron chi connectivity index (χ0n) is 12.5. The Bertz CT molecular complexity index is 881. The van der Waals surface area contributed by atoms with E-state index in [0.717, 1.165) is 11.0 Å². The highest BCUT2D eigenvalue weighted by Gasteiger charge is 2.26. The number of benzene rings is 1. The van der Waals surface area contributed by atoms with Gasteiger partial charge in [0.25, 0.3) is 0 Å². The third-order valence-corrected chi connectivity index (χ3v) is 4.09. The number of rotatable bonds is 2. The Labute approximate surface area is 141 Å². The summed E-state index contributed by atoms with van der Waals surface area (Å²) in [6, 6.07) is 6.71. The predicted molar refractivity (Wildman–Crippen MR) is 88.4 cm³/mol. The van der Waals surface area contributed by atoms with E-state index in [4.69, 9.17) is 22.1 Å². The van der Waals surface area contributed by atoms with Crippen molar-refractivity contribution in [2.24, 2.45) is 0 Å². The molecule has 0 saturated carbocycles. The van der Waals surface area contributed by atoms with Gasteiger partial charge in [0.2, 0.25) is 11.9 Å². The molecule has 1 saturated heterocycles. The number of anilines is 2. The molecule has 0 radical (unpaired) electrons. The van der Waals surface area contributed by atoms with Crippen LogP contribution < -0.4 is 10.6 Å². The number of hydrogen-bond donors (Lipinski definition) is 2. The van der Waals surface area contributed by atoms with Crippen LogP contribution in [0.5, 0.6) is 0 Å². The Balaban J connectivity index is 1.61. The SMILES string of the molecule is Nc1nc(F)cc(N2CCOC(c3nc4ccc(Cl)cc4[nH]3)C2)n1. The Hall–Kier alpha value is -2.45. The molecule has 1 aromatic carbocycles. The van der Waals surface area contributed by atoms with E-state index in [0.29, 0.717) is 36.4 Å². The second-order valence-electron chi connectivity index (χ2n) is 5.50. The Morgan fingerprint density at radius 3 is 3.00 bits per heavy atom. The number of nitrogens with one attached hydrogen (secondary N) is 1. The van der Waals surface area contributed by atoms with Crippen molar-refractivity contribution >= 4 is 34.4 Å². The number of fused-ring (bicyclic) bond motifs is 1. The molecule has 24 heavy (non-hydrogen) atoms. The van der Waals surface area contributed by atoms with E-state index in [-0.39, 0.29) is 12.1 Å². The molecule has 0 bridgehead atoms. The van der Waals surface area contributed by atoms with Crippen molar-refractivity contribution in [1.82, 2.24) is 19.9 Å². The average molecular weight is 349 g/mol. The molecule has 3 N–H and O–H groups in total. The first-order valence-electron chi connectivity index (χ1n) is 7.40. The molecular formula is C15H14ClFN6O. The molecule has 1 aliphatic heterocycles. The smallest absolute Gasteiger partial charge is 0.224 e. The first kappa shape index (κ1) is 15.1. The summed E-state index contributed by atoms with van der Waals surface area (Å²) in [5.74, 6) is 0.386. The van der Waals surface area contributed by atoms with E-state index >= 15 is 0 Å². The third kappa shape index (κ3) is 2.85. The molecule has 3 aromatic rings. The van der Waals surface area contributed by atoms with Crippen LogP contribution in [0.4, 0.5) is 16.2 Å². The summed E-state index contributed by atoms with van der Waals surface area (Å²) in [6.07, 6.45) is -0.288. The molecule has 1 unspecified atom stereocenters. The number of ether oxygens (including phenoxy) is 1. The number of nitrogens with zero attached hydrogens (tertiary/aromatic N) is 4. The summed E-state index contributed by atoms with van der Waals surface area (Å²) in [5.41, 5.74) is 7.18. The minimum atomic E-state index is -0.654. The second kappa shape index (κ2) is 5.88. The number of nitrogens with two attached hydrogens (primary N) is 1. The lowest BCUT2D eigenvalue weighted by molar-refractivity contribution is 0.0345. The standard InChI is InChI=1S/C15H14ClFN6O/c16-8-1-2-9-10(5-8)20-14(19-9)11-7-23(3-4-24-11)13-6-12(17)21-15(18)22-13/h1-2,5-6,11H,3-4,7H2,(H,19,20)(H2,18,21,22). The van der Waals surface area contributed by atoms with Crippen molar-refractivity contribution < 1.29 is 9.13 Å². The number of imidazole rings is 1. The molecular weight excluding hydrogens is 335 g/mol. The summed E-state index contributed by atoms with van der Waals surface area (Å²) in [5, 5.41) is 0.635. The normalized spacial score (nSPS) is 18.2. The Morgan fingerprint density at radius 2 is 2.17 bits per heavy atom. The largest absolute Gasteiger partial charge is 0.368 e. The Kier molecular flexibility index (Phi) is 3.70. The quantitative estimate of drug-likeness (QED) is 0.690. The Morgan fingerprint density at radius 1 is 1.29 bits per heavy atom. The van der Waals surface area contributed by atoms with Gasteiger partial charge in [-0.15, -0.1) is 0 Å². The maximum absolute atomic E-state index is 13.5. The van der Waals surface area contributed by atoms with Crippen molar-refractivity contribution in [3.63, 3.8) is 0 Å². The first-order chi connectivity index (χ1) is 11.6. The number of nitrogen functional groups attached to an aromatic ring is 1. The van der Waals surface area contributed by atoms with Crippen LogP contribution in [0.3, 0.4) is 0 Å². The lowest BCUT2D eigenvalue weighted by Gasteiger charge is -2.32. The second-order valence-corrected chi connectivity index (χ2v) is 5.93. The fourth-order valence-corrected chi connectivity index (χ4v) is 2.93. The summed E-state index contributed by atoms with van der Waals surface area (Å²) in [6.45, 7) is 1.52. The van der Waals surface area contributed by atoms with Crippen LogP contribution in [-0.4, -0.2) is 39.6 Å². The first-order valence-corrected chi connectivity index (χ1v) is 7.78. The molecule has 1 atom stereocenters. The van der Waals surface area contributed by atoms with E-state index < -0.39 is 5.95 Å². The van der Waals surface area contributed by atoms with Gasteiger partial charge in [-0.05, 0) is 18.2 Å². The van der Waals surface area contributed by atoms with Gasteiger partial charge in [0.15, 0.2) is 0 Å². The molecule has 0 amide bonds. The number of morpholine rings is 1. The van der Waals surface area contributed by atoms with E-state index in [1.807, 2.05) is 17.0 Å². The lowest BCUT2D eigenvalue weighted by Crippen LogP contribution is -2.39. The minimum Gasteiger partial charge on any atom is -0.368 e. The fraction of sp³-hybridized carbons (Fsp3) is 0.267. The lowest BCUT2D eigenvalue weighted by atomic mass is 10.2. The maximum Gasteiger partial charge on any atom is 0.224 e. The molecule has 2 aromatic heterocycles. The van der Waals surface area contributed by atoms with E-state index in [2.05, 4.69) is 19.9 Å². The van der Waals surface area contributed by atoms with Gasteiger partial charge in [-0.2, -0.15) is 14.4 Å². The zero-order valence-corrected chi connectivity index (χ0v) is 13.3. The molecule has 4 rings (SSSR count). The zero-order chi connectivity index (χ0) is 16.7. The highest BCUT2D eigenvalue weighted by molar-refractivity contribution is 6.31. The van der Waals surface area contributed by atoms with E-state index in [1.165, 1.54) is 6.07 Å². The van der Waals surface area contributed by atoms with Gasteiger partial charge in [0.05, 0.1) is 24.2 Å². The molecule has 1 aliphatic rings. The molecule has 7 nitrogen and oxygen atoms in total. The summed E-state index contributed by atoms with van der Waals surface area (Å²) in [7, 11) is 0. The topological polar surface area (TPSA) is 93.0 Å².